The van der Waals surface area contributed by atoms with Crippen molar-refractivity contribution < 1.29 is 4.84 Å². The molecule has 0 spiro atoms. The number of oxime groups is 1. The summed E-state index contributed by atoms with van der Waals surface area (Å²) in [6.07, 6.45) is 2.93. The minimum atomic E-state index is 0.288. The normalized spacial score (nSPS) is 18.2. The van der Waals surface area contributed by atoms with Crippen LogP contribution in [0.1, 0.15) is 39.7 Å². The second-order valence-corrected chi connectivity index (χ2v) is 7.60. The third-order valence-corrected chi connectivity index (χ3v) is 6.09. The Morgan fingerprint density at radius 2 is 1.55 bits per heavy atom. The summed E-state index contributed by atoms with van der Waals surface area (Å²) in [5, 5.41) is 6.58. The average Bonchev–Trinajstić information content (AvgIpc) is 3.17. The van der Waals surface area contributed by atoms with Crippen molar-refractivity contribution in [2.75, 3.05) is 7.11 Å². The predicted octanol–water partition coefficient (Wildman–Crippen LogP) is 6.29. The lowest BCUT2D eigenvalue weighted by molar-refractivity contribution is 0.215. The zero-order valence-corrected chi connectivity index (χ0v) is 16.5. The van der Waals surface area contributed by atoms with Crippen LogP contribution >= 0.6 is 0 Å². The van der Waals surface area contributed by atoms with E-state index in [0.717, 1.165) is 12.0 Å². The van der Waals surface area contributed by atoms with E-state index in [2.05, 4.69) is 96.2 Å². The maximum Gasteiger partial charge on any atom is 0.106 e. The molecule has 1 aliphatic carbocycles. The van der Waals surface area contributed by atoms with Crippen molar-refractivity contribution in [3.8, 4) is 0 Å². The minimum absolute atomic E-state index is 0.288. The molecule has 0 amide bonds. The van der Waals surface area contributed by atoms with Gasteiger partial charge in [-0.2, -0.15) is 0 Å². The van der Waals surface area contributed by atoms with Gasteiger partial charge in [0.05, 0.1) is 6.21 Å². The topological polar surface area (TPSA) is 21.6 Å². The summed E-state index contributed by atoms with van der Waals surface area (Å²) in [6.45, 7) is 0. The van der Waals surface area contributed by atoms with Gasteiger partial charge in [-0.05, 0) is 45.4 Å². The zero-order chi connectivity index (χ0) is 19.6. The van der Waals surface area contributed by atoms with Crippen molar-refractivity contribution in [2.24, 2.45) is 5.16 Å². The smallest absolute Gasteiger partial charge is 0.106 e. The van der Waals surface area contributed by atoms with Gasteiger partial charge in [-0.1, -0.05) is 96.2 Å². The van der Waals surface area contributed by atoms with Gasteiger partial charge in [-0.25, -0.2) is 0 Å². The van der Waals surface area contributed by atoms with Crippen molar-refractivity contribution in [1.82, 2.24) is 0 Å². The van der Waals surface area contributed by atoms with E-state index in [-0.39, 0.29) is 5.92 Å². The van der Waals surface area contributed by atoms with Crippen LogP contribution in [0.3, 0.4) is 0 Å². The van der Waals surface area contributed by atoms with Gasteiger partial charge in [0.1, 0.15) is 7.11 Å². The lowest BCUT2D eigenvalue weighted by atomic mass is 9.79. The average molecular weight is 377 g/mol. The molecule has 1 aliphatic rings. The molecule has 142 valence electrons. The van der Waals surface area contributed by atoms with Crippen LogP contribution in [0.15, 0.2) is 96.2 Å². The highest BCUT2D eigenvalue weighted by Crippen LogP contribution is 2.49. The molecular weight excluding hydrogens is 354 g/mol. The number of benzene rings is 4. The second-order valence-electron chi connectivity index (χ2n) is 7.60. The Hall–Kier alpha value is -3.39. The van der Waals surface area contributed by atoms with Crippen LogP contribution in [0.5, 0.6) is 0 Å². The maximum atomic E-state index is 5.06. The molecule has 2 unspecified atom stereocenters. The quantitative estimate of drug-likeness (QED) is 0.302. The first-order valence-electron chi connectivity index (χ1n) is 10.1. The third kappa shape index (κ3) is 3.11. The predicted molar refractivity (Wildman–Crippen MR) is 120 cm³/mol. The Bertz CT molecular complexity index is 1180. The van der Waals surface area contributed by atoms with E-state index >= 15 is 0 Å². The molecular formula is C27H23NO. The highest BCUT2D eigenvalue weighted by Gasteiger charge is 2.35. The van der Waals surface area contributed by atoms with Crippen molar-refractivity contribution >= 4 is 17.0 Å². The van der Waals surface area contributed by atoms with E-state index in [4.69, 9.17) is 4.84 Å². The monoisotopic (exact) mass is 377 g/mol. The first-order valence-corrected chi connectivity index (χ1v) is 10.1. The Morgan fingerprint density at radius 1 is 0.793 bits per heavy atom. The van der Waals surface area contributed by atoms with Crippen LogP contribution in [0.4, 0.5) is 0 Å². The summed E-state index contributed by atoms with van der Waals surface area (Å²) < 4.78 is 0. The third-order valence-electron chi connectivity index (χ3n) is 6.09. The minimum Gasteiger partial charge on any atom is -0.399 e. The Morgan fingerprint density at radius 3 is 2.41 bits per heavy atom. The molecule has 0 bridgehead atoms. The number of rotatable bonds is 4. The number of hydrogen-bond donors (Lipinski definition) is 0. The van der Waals surface area contributed by atoms with Gasteiger partial charge < -0.3 is 4.84 Å². The lowest BCUT2D eigenvalue weighted by Gasteiger charge is -2.24. The summed E-state index contributed by atoms with van der Waals surface area (Å²) >= 11 is 0. The molecule has 0 radical (unpaired) electrons. The van der Waals surface area contributed by atoms with Crippen molar-refractivity contribution in [1.29, 1.82) is 0 Å². The zero-order valence-electron chi connectivity index (χ0n) is 16.5. The molecule has 2 atom stereocenters. The molecule has 0 N–H and O–H groups in total. The molecule has 2 heteroatoms. The molecule has 0 heterocycles. The Kier molecular flexibility index (Phi) is 4.61. The first-order chi connectivity index (χ1) is 14.4. The van der Waals surface area contributed by atoms with E-state index in [1.165, 1.54) is 33.0 Å². The van der Waals surface area contributed by atoms with Gasteiger partial charge in [0.25, 0.3) is 0 Å². The van der Waals surface area contributed by atoms with Crippen LogP contribution in [-0.4, -0.2) is 13.3 Å². The van der Waals surface area contributed by atoms with E-state index in [1.807, 2.05) is 6.21 Å². The summed E-state index contributed by atoms with van der Waals surface area (Å²) in [4.78, 5) is 5.06. The summed E-state index contributed by atoms with van der Waals surface area (Å²) in [5.74, 6) is 0.695. The summed E-state index contributed by atoms with van der Waals surface area (Å²) in [5.41, 5.74) is 6.70. The molecule has 0 aliphatic heterocycles. The van der Waals surface area contributed by atoms with Crippen LogP contribution in [0, 0.1) is 0 Å². The molecule has 0 saturated heterocycles. The van der Waals surface area contributed by atoms with Crippen LogP contribution in [0.25, 0.3) is 10.8 Å². The SMILES string of the molecule is CON=Cc1c(C2c3ccccc3CC2c2ccccc2)ccc2ccccc12. The van der Waals surface area contributed by atoms with Gasteiger partial charge in [0.15, 0.2) is 0 Å². The summed E-state index contributed by atoms with van der Waals surface area (Å²) in [6, 6.07) is 32.8. The lowest BCUT2D eigenvalue weighted by Crippen LogP contribution is -2.11. The number of fused-ring (bicyclic) bond motifs is 2. The summed E-state index contributed by atoms with van der Waals surface area (Å²) in [7, 11) is 1.60. The van der Waals surface area contributed by atoms with Gasteiger partial charge >= 0.3 is 0 Å². The van der Waals surface area contributed by atoms with Gasteiger partial charge in [0.2, 0.25) is 0 Å². The van der Waals surface area contributed by atoms with E-state index in [9.17, 15) is 0 Å². The molecule has 0 aromatic heterocycles. The first kappa shape index (κ1) is 17.7. The molecule has 2 nitrogen and oxygen atoms in total. The fourth-order valence-electron chi connectivity index (χ4n) is 4.82. The van der Waals surface area contributed by atoms with E-state index in [1.54, 1.807) is 7.11 Å². The van der Waals surface area contributed by atoms with Crippen LogP contribution in [0.2, 0.25) is 0 Å². The van der Waals surface area contributed by atoms with E-state index < -0.39 is 0 Å². The molecule has 4 aromatic carbocycles. The molecule has 29 heavy (non-hydrogen) atoms. The molecule has 0 saturated carbocycles. The van der Waals surface area contributed by atoms with Crippen molar-refractivity contribution in [3.05, 3.63) is 119 Å². The van der Waals surface area contributed by atoms with Crippen LogP contribution < -0.4 is 0 Å². The van der Waals surface area contributed by atoms with Gasteiger partial charge in [-0.15, -0.1) is 0 Å². The molecule has 4 aromatic rings. The van der Waals surface area contributed by atoms with Crippen molar-refractivity contribution in [2.45, 2.75) is 18.3 Å². The number of hydrogen-bond acceptors (Lipinski definition) is 2. The standard InChI is InChI=1S/C27H23NO/c1-29-28-18-26-22-13-7-5-11-20(22)15-16-24(26)27-23-14-8-6-12-21(23)17-25(27)19-9-3-2-4-10-19/h2-16,18,25,27H,17H2,1H3. The fraction of sp³-hybridized carbons (Fsp3) is 0.148. The molecule has 0 fully saturated rings. The maximum absolute atomic E-state index is 5.06. The highest BCUT2D eigenvalue weighted by molar-refractivity contribution is 6.01. The Balaban J connectivity index is 1.75. The van der Waals surface area contributed by atoms with Crippen LogP contribution in [-0.2, 0) is 11.3 Å². The second kappa shape index (κ2) is 7.56. The highest BCUT2D eigenvalue weighted by atomic mass is 16.6. The van der Waals surface area contributed by atoms with Gasteiger partial charge in [-0.3, -0.25) is 0 Å². The fourth-order valence-corrected chi connectivity index (χ4v) is 4.82. The van der Waals surface area contributed by atoms with E-state index in [0.29, 0.717) is 5.92 Å². The molecule has 5 rings (SSSR count). The van der Waals surface area contributed by atoms with Crippen molar-refractivity contribution in [3.63, 3.8) is 0 Å². The largest absolute Gasteiger partial charge is 0.399 e. The number of nitrogens with zero attached hydrogens (tertiary/aromatic N) is 1. The Labute approximate surface area is 171 Å². The van der Waals surface area contributed by atoms with Gasteiger partial charge in [0, 0.05) is 11.5 Å².